The van der Waals surface area contributed by atoms with E-state index in [1.807, 2.05) is 12.1 Å². The van der Waals surface area contributed by atoms with Gasteiger partial charge in [-0.25, -0.2) is 9.97 Å². The van der Waals surface area contributed by atoms with Crippen LogP contribution in [0.15, 0.2) is 36.7 Å². The van der Waals surface area contributed by atoms with E-state index >= 15 is 0 Å². The van der Waals surface area contributed by atoms with Gasteiger partial charge in [-0.1, -0.05) is 33.8 Å². The predicted octanol–water partition coefficient (Wildman–Crippen LogP) is 4.80. The van der Waals surface area contributed by atoms with Gasteiger partial charge in [0.15, 0.2) is 0 Å². The van der Waals surface area contributed by atoms with Crippen LogP contribution >= 0.6 is 0 Å². The van der Waals surface area contributed by atoms with Crippen LogP contribution in [-0.2, 0) is 22.4 Å². The number of benzene rings is 2. The summed E-state index contributed by atoms with van der Waals surface area (Å²) in [6.45, 7) is 12.4. The van der Waals surface area contributed by atoms with Crippen LogP contribution in [0.1, 0.15) is 65.0 Å². The first kappa shape index (κ1) is 31.7. The number of rotatable bonds is 11. The Bertz CT molecular complexity index is 1500. The number of carbonyl (C=O) groups excluding carboxylic acids is 2. The van der Waals surface area contributed by atoms with E-state index in [0.29, 0.717) is 42.3 Å². The number of aromatic nitrogens is 2. The van der Waals surface area contributed by atoms with Crippen LogP contribution in [-0.4, -0.2) is 71.6 Å². The fourth-order valence-electron chi connectivity index (χ4n) is 6.40. The number of aryl methyl sites for hydroxylation is 2. The molecule has 2 heterocycles. The Morgan fingerprint density at radius 3 is 2.61 bits per heavy atom. The molecule has 1 aromatic heterocycles. The van der Waals surface area contributed by atoms with Crippen LogP contribution in [0, 0.1) is 5.41 Å². The maximum absolute atomic E-state index is 13.9. The zero-order chi connectivity index (χ0) is 31.4. The van der Waals surface area contributed by atoms with Gasteiger partial charge in [-0.3, -0.25) is 9.59 Å². The maximum atomic E-state index is 13.9. The molecule has 2 aromatic carbocycles. The second-order valence-electron chi connectivity index (χ2n) is 13.1. The second-order valence-corrected chi connectivity index (χ2v) is 13.1. The Morgan fingerprint density at radius 2 is 1.86 bits per heavy atom. The molecule has 0 spiro atoms. The van der Waals surface area contributed by atoms with Gasteiger partial charge in [0.2, 0.25) is 11.8 Å². The molecule has 0 unspecified atom stereocenters. The summed E-state index contributed by atoms with van der Waals surface area (Å²) in [5, 5.41) is 14.2. The molecule has 1 fully saturated rings. The maximum Gasteiger partial charge on any atom is 0.247 e. The highest BCUT2D eigenvalue weighted by Crippen LogP contribution is 2.35. The lowest BCUT2D eigenvalue weighted by molar-refractivity contribution is -0.140. The molecule has 1 saturated heterocycles. The SMILES string of the molecule is CCN[C@@H](C)CN[C@H](C(=O)N1CCC[C@H]1C(=O)Nc1cc2c(Nc3ccc4c(c3)CCC4)ncnc2cc1OC)C(C)(C)C. The fourth-order valence-corrected chi connectivity index (χ4v) is 6.40. The van der Waals surface area contributed by atoms with E-state index < -0.39 is 12.1 Å². The third-order valence-electron chi connectivity index (χ3n) is 8.71. The monoisotopic (exact) mass is 601 g/mol. The van der Waals surface area contributed by atoms with Crippen molar-refractivity contribution in [2.75, 3.05) is 37.4 Å². The minimum Gasteiger partial charge on any atom is -0.494 e. The molecule has 0 bridgehead atoms. The van der Waals surface area contributed by atoms with Crippen molar-refractivity contribution in [1.29, 1.82) is 0 Å². The first-order chi connectivity index (χ1) is 21.1. The number of methoxy groups -OCH3 is 1. The van der Waals surface area contributed by atoms with Crippen LogP contribution in [0.5, 0.6) is 5.75 Å². The third-order valence-corrected chi connectivity index (χ3v) is 8.71. The lowest BCUT2D eigenvalue weighted by Crippen LogP contribution is -2.57. The van der Waals surface area contributed by atoms with Gasteiger partial charge in [-0.15, -0.1) is 0 Å². The number of nitrogens with one attached hydrogen (secondary N) is 4. The largest absolute Gasteiger partial charge is 0.494 e. The normalized spacial score (nSPS) is 17.8. The van der Waals surface area contributed by atoms with Gasteiger partial charge in [0.05, 0.1) is 24.4 Å². The van der Waals surface area contributed by atoms with Crippen molar-refractivity contribution in [3.05, 3.63) is 47.8 Å². The smallest absolute Gasteiger partial charge is 0.247 e. The Labute approximate surface area is 260 Å². The van der Waals surface area contributed by atoms with E-state index in [9.17, 15) is 9.59 Å². The van der Waals surface area contributed by atoms with Crippen LogP contribution in [0.4, 0.5) is 17.2 Å². The second kappa shape index (κ2) is 13.5. The zero-order valence-electron chi connectivity index (χ0n) is 26.9. The Morgan fingerprint density at radius 1 is 1.07 bits per heavy atom. The number of hydrogen-bond donors (Lipinski definition) is 4. The van der Waals surface area contributed by atoms with E-state index in [2.05, 4.69) is 84.1 Å². The summed E-state index contributed by atoms with van der Waals surface area (Å²) < 4.78 is 5.66. The van der Waals surface area contributed by atoms with E-state index in [-0.39, 0.29) is 23.3 Å². The summed E-state index contributed by atoms with van der Waals surface area (Å²) in [7, 11) is 1.57. The molecular formula is C34H47N7O3. The number of carbonyl (C=O) groups is 2. The van der Waals surface area contributed by atoms with Crippen molar-refractivity contribution in [3.63, 3.8) is 0 Å². The summed E-state index contributed by atoms with van der Waals surface area (Å²) in [5.41, 5.74) is 4.63. The molecule has 1 aliphatic carbocycles. The minimum atomic E-state index is -0.572. The number of anilines is 3. The van der Waals surface area contributed by atoms with Crippen LogP contribution in [0.2, 0.25) is 0 Å². The van der Waals surface area contributed by atoms with Crippen molar-refractivity contribution < 1.29 is 14.3 Å². The van der Waals surface area contributed by atoms with Gasteiger partial charge in [-0.05, 0) is 80.3 Å². The Balaban J connectivity index is 1.36. The number of likely N-dealkylation sites (tertiary alicyclic amines) is 1. The quantitative estimate of drug-likeness (QED) is 0.247. The molecule has 10 nitrogen and oxygen atoms in total. The zero-order valence-corrected chi connectivity index (χ0v) is 26.9. The summed E-state index contributed by atoms with van der Waals surface area (Å²) in [4.78, 5) is 38.5. The molecular weight excluding hydrogens is 554 g/mol. The fraction of sp³-hybridized carbons (Fsp3) is 0.529. The van der Waals surface area contributed by atoms with E-state index in [0.717, 1.165) is 36.9 Å². The molecule has 236 valence electrons. The molecule has 3 atom stereocenters. The first-order valence-electron chi connectivity index (χ1n) is 15.9. The summed E-state index contributed by atoms with van der Waals surface area (Å²) in [6, 6.07) is 9.34. The Hall–Kier alpha value is -3.76. The van der Waals surface area contributed by atoms with Gasteiger partial charge in [0.1, 0.15) is 23.9 Å². The molecule has 4 N–H and O–H groups in total. The summed E-state index contributed by atoms with van der Waals surface area (Å²) in [5.74, 6) is 0.871. The van der Waals surface area contributed by atoms with E-state index in [1.54, 1.807) is 12.0 Å². The van der Waals surface area contributed by atoms with Crippen molar-refractivity contribution >= 4 is 39.9 Å². The van der Waals surface area contributed by atoms with Crippen molar-refractivity contribution in [1.82, 2.24) is 25.5 Å². The molecule has 0 saturated carbocycles. The lowest BCUT2D eigenvalue weighted by Gasteiger charge is -2.36. The third kappa shape index (κ3) is 6.97. The predicted molar refractivity (Wildman–Crippen MR) is 176 cm³/mol. The molecule has 1 aliphatic heterocycles. The molecule has 2 amide bonds. The molecule has 2 aliphatic rings. The van der Waals surface area contributed by atoms with Crippen molar-refractivity contribution in [3.8, 4) is 5.75 Å². The highest BCUT2D eigenvalue weighted by Gasteiger charge is 2.41. The number of hydrogen-bond acceptors (Lipinski definition) is 8. The average molecular weight is 602 g/mol. The number of nitrogens with zero attached hydrogens (tertiary/aromatic N) is 3. The number of likely N-dealkylation sites (N-methyl/N-ethyl adjacent to an activating group) is 1. The molecule has 10 heteroatoms. The van der Waals surface area contributed by atoms with Gasteiger partial charge in [0, 0.05) is 36.3 Å². The average Bonchev–Trinajstić information content (AvgIpc) is 3.66. The first-order valence-corrected chi connectivity index (χ1v) is 15.9. The van der Waals surface area contributed by atoms with E-state index in [1.165, 1.54) is 23.9 Å². The summed E-state index contributed by atoms with van der Waals surface area (Å²) >= 11 is 0. The Kier molecular flexibility index (Phi) is 9.70. The lowest BCUT2D eigenvalue weighted by atomic mass is 9.85. The standard InChI is InChI=1S/C34H47N7O3/c1-7-35-21(2)19-36-30(34(3,4)5)33(43)41-15-9-12-28(41)32(42)40-27-17-25-26(18-29(27)44-6)37-20-38-31(25)39-24-14-13-22-10-8-11-23(22)16-24/h13-14,16-18,20-21,28,30,35-36H,7-12,15,19H2,1-6H3,(H,40,42)(H,37,38,39)/t21-,28-,30+/m0/s1. The van der Waals surface area contributed by atoms with Gasteiger partial charge in [0.25, 0.3) is 0 Å². The van der Waals surface area contributed by atoms with E-state index in [4.69, 9.17) is 4.74 Å². The van der Waals surface area contributed by atoms with Gasteiger partial charge >= 0.3 is 0 Å². The van der Waals surface area contributed by atoms with Gasteiger partial charge < -0.3 is 30.9 Å². The van der Waals surface area contributed by atoms with Gasteiger partial charge in [-0.2, -0.15) is 0 Å². The van der Waals surface area contributed by atoms with Crippen molar-refractivity contribution in [2.24, 2.45) is 5.41 Å². The van der Waals surface area contributed by atoms with Crippen LogP contribution in [0.25, 0.3) is 10.9 Å². The number of fused-ring (bicyclic) bond motifs is 2. The van der Waals surface area contributed by atoms with Crippen LogP contribution in [0.3, 0.4) is 0 Å². The molecule has 0 radical (unpaired) electrons. The summed E-state index contributed by atoms with van der Waals surface area (Å²) in [6.07, 6.45) is 6.30. The van der Waals surface area contributed by atoms with Crippen LogP contribution < -0.4 is 26.0 Å². The highest BCUT2D eigenvalue weighted by atomic mass is 16.5. The topological polar surface area (TPSA) is 121 Å². The molecule has 5 rings (SSSR count). The minimum absolute atomic E-state index is 0.0430. The molecule has 3 aromatic rings. The number of ether oxygens (including phenoxy) is 1. The highest BCUT2D eigenvalue weighted by molar-refractivity contribution is 6.02. The molecule has 44 heavy (non-hydrogen) atoms. The van der Waals surface area contributed by atoms with Crippen molar-refractivity contribution in [2.45, 2.75) is 84.8 Å². The number of amides is 2.